The Labute approximate surface area is 254 Å². The fourth-order valence-electron chi connectivity index (χ4n) is 4.95. The summed E-state index contributed by atoms with van der Waals surface area (Å²) in [6.45, 7) is 7.01. The van der Waals surface area contributed by atoms with Gasteiger partial charge in [0.2, 0.25) is 5.91 Å². The van der Waals surface area contributed by atoms with Crippen molar-refractivity contribution in [2.45, 2.75) is 69.9 Å². The van der Waals surface area contributed by atoms with Crippen molar-refractivity contribution in [2.75, 3.05) is 58.5 Å². The maximum Gasteiger partial charge on any atom is 0.298 e. The summed E-state index contributed by atoms with van der Waals surface area (Å²) in [5, 5.41) is 3.19. The van der Waals surface area contributed by atoms with Gasteiger partial charge < -0.3 is 33.8 Å². The molecule has 0 spiro atoms. The summed E-state index contributed by atoms with van der Waals surface area (Å²) in [6, 6.07) is 7.77. The predicted molar refractivity (Wildman–Crippen MR) is 160 cm³/mol. The minimum Gasteiger partial charge on any atom is -0.429 e. The second kappa shape index (κ2) is 22.8. The SMILES string of the molecule is CC(COC1CCC(c2cccc(OC=O)c2)CC1)C1(CCCOCCCl)COCC(=O)N1.CC=O.COCCCl. The van der Waals surface area contributed by atoms with E-state index in [9.17, 15) is 9.59 Å². The quantitative estimate of drug-likeness (QED) is 0.168. The number of hydrogen-bond donors (Lipinski definition) is 1. The molecule has 1 heterocycles. The minimum absolute atomic E-state index is 0.0731. The highest BCUT2D eigenvalue weighted by atomic mass is 35.5. The Morgan fingerprint density at radius 1 is 1.12 bits per heavy atom. The van der Waals surface area contributed by atoms with Crippen LogP contribution in [0.25, 0.3) is 0 Å². The van der Waals surface area contributed by atoms with Crippen LogP contribution in [0.15, 0.2) is 24.3 Å². The number of nitrogens with one attached hydrogen (secondary N) is 1. The zero-order valence-electron chi connectivity index (χ0n) is 24.6. The van der Waals surface area contributed by atoms with E-state index in [2.05, 4.69) is 23.0 Å². The lowest BCUT2D eigenvalue weighted by Crippen LogP contribution is -2.61. The molecule has 0 bridgehead atoms. The number of ether oxygens (including phenoxy) is 5. The van der Waals surface area contributed by atoms with Crippen molar-refractivity contribution in [3.63, 3.8) is 0 Å². The number of rotatable bonds is 15. The van der Waals surface area contributed by atoms with E-state index >= 15 is 0 Å². The van der Waals surface area contributed by atoms with E-state index in [0.717, 1.165) is 44.8 Å². The molecule has 1 aromatic carbocycles. The van der Waals surface area contributed by atoms with E-state index in [1.54, 1.807) is 13.2 Å². The molecular weight excluding hydrogens is 573 g/mol. The predicted octanol–water partition coefficient (Wildman–Crippen LogP) is 4.90. The maximum absolute atomic E-state index is 12.1. The van der Waals surface area contributed by atoms with Gasteiger partial charge in [0.25, 0.3) is 6.47 Å². The second-order valence-corrected chi connectivity index (χ2v) is 10.8. The van der Waals surface area contributed by atoms with Gasteiger partial charge in [0.1, 0.15) is 18.6 Å². The maximum atomic E-state index is 12.1. The largest absolute Gasteiger partial charge is 0.429 e. The molecule has 41 heavy (non-hydrogen) atoms. The van der Waals surface area contributed by atoms with Crippen molar-refractivity contribution in [1.82, 2.24) is 5.32 Å². The molecule has 2 atom stereocenters. The third kappa shape index (κ3) is 14.8. The summed E-state index contributed by atoms with van der Waals surface area (Å²) < 4.78 is 27.0. The normalized spacial score (nSPS) is 22.6. The molecule has 1 aromatic rings. The smallest absolute Gasteiger partial charge is 0.298 e. The van der Waals surface area contributed by atoms with Crippen LogP contribution in [-0.4, -0.2) is 88.8 Å². The summed E-state index contributed by atoms with van der Waals surface area (Å²) in [5.41, 5.74) is 0.772. The van der Waals surface area contributed by atoms with Crippen LogP contribution < -0.4 is 10.1 Å². The Balaban J connectivity index is 0.000000930. The average molecular weight is 621 g/mol. The van der Waals surface area contributed by atoms with Gasteiger partial charge in [-0.05, 0) is 69.1 Å². The molecule has 2 unspecified atom stereocenters. The molecule has 2 fully saturated rings. The van der Waals surface area contributed by atoms with E-state index in [4.69, 9.17) is 46.9 Å². The molecule has 1 aliphatic carbocycles. The van der Waals surface area contributed by atoms with E-state index in [0.29, 0.717) is 62.9 Å². The molecule has 1 amide bonds. The monoisotopic (exact) mass is 619 g/mol. The minimum atomic E-state index is -0.435. The number of halogens is 2. The zero-order chi connectivity index (χ0) is 30.3. The van der Waals surface area contributed by atoms with Crippen LogP contribution in [0.4, 0.5) is 0 Å². The Morgan fingerprint density at radius 2 is 1.83 bits per heavy atom. The summed E-state index contributed by atoms with van der Waals surface area (Å²) in [7, 11) is 1.63. The number of carbonyl (C=O) groups is 3. The highest BCUT2D eigenvalue weighted by Crippen LogP contribution is 2.36. The average Bonchev–Trinajstić information content (AvgIpc) is 2.97. The summed E-state index contributed by atoms with van der Waals surface area (Å²) >= 11 is 10.8. The van der Waals surface area contributed by atoms with Gasteiger partial charge in [-0.25, -0.2) is 0 Å². The zero-order valence-corrected chi connectivity index (χ0v) is 26.1. The van der Waals surface area contributed by atoms with E-state index in [-0.39, 0.29) is 24.5 Å². The van der Waals surface area contributed by atoms with Crippen LogP contribution in [0.3, 0.4) is 0 Å². The van der Waals surface area contributed by atoms with Gasteiger partial charge in [0.15, 0.2) is 0 Å². The van der Waals surface area contributed by atoms with E-state index < -0.39 is 5.54 Å². The van der Waals surface area contributed by atoms with Gasteiger partial charge in [-0.2, -0.15) is 0 Å². The number of carbonyl (C=O) groups excluding carboxylic acids is 3. The summed E-state index contributed by atoms with van der Waals surface area (Å²) in [4.78, 5) is 31.5. The first-order valence-electron chi connectivity index (χ1n) is 14.2. The molecule has 1 aliphatic heterocycles. The second-order valence-electron chi connectivity index (χ2n) is 10.0. The standard InChI is InChI=1S/C25H36ClNO6.C3H7ClO.C2H4O/c1-19(25(10-3-12-30-13-11-26)17-31-16-24(29)27-25)15-32-22-8-6-20(7-9-22)21-4-2-5-23(14-21)33-18-28;1-5-3-2-4;1-2-3/h2,4-5,14,18-20,22H,3,6-13,15-17H2,1H3,(H,27,29);2-3H2,1H3;2H,1H3. The third-order valence-corrected chi connectivity index (χ3v) is 7.42. The fourth-order valence-corrected chi connectivity index (χ4v) is 5.21. The van der Waals surface area contributed by atoms with Gasteiger partial charge in [0, 0.05) is 31.4 Å². The number of morpholine rings is 1. The van der Waals surface area contributed by atoms with Crippen molar-refractivity contribution in [3.05, 3.63) is 29.8 Å². The first kappa shape index (κ1) is 37.3. The molecule has 11 heteroatoms. The van der Waals surface area contributed by atoms with Gasteiger partial charge in [-0.1, -0.05) is 19.1 Å². The Bertz CT molecular complexity index is 852. The fraction of sp³-hybridized carbons (Fsp3) is 0.700. The number of benzene rings is 1. The highest BCUT2D eigenvalue weighted by Gasteiger charge is 2.41. The van der Waals surface area contributed by atoms with Crippen molar-refractivity contribution in [1.29, 1.82) is 0 Å². The van der Waals surface area contributed by atoms with Gasteiger partial charge in [-0.3, -0.25) is 9.59 Å². The molecule has 0 radical (unpaired) electrons. The van der Waals surface area contributed by atoms with Crippen LogP contribution in [0.2, 0.25) is 0 Å². The van der Waals surface area contributed by atoms with Crippen LogP contribution in [0.1, 0.15) is 63.9 Å². The van der Waals surface area contributed by atoms with Gasteiger partial charge >= 0.3 is 0 Å². The molecule has 0 aromatic heterocycles. The number of aldehydes is 1. The number of alkyl halides is 2. The molecule has 234 valence electrons. The molecule has 9 nitrogen and oxygen atoms in total. The van der Waals surface area contributed by atoms with Crippen molar-refractivity contribution < 1.29 is 38.1 Å². The Kier molecular flexibility index (Phi) is 20.7. The van der Waals surface area contributed by atoms with E-state index in [1.807, 2.05) is 12.1 Å². The first-order valence-corrected chi connectivity index (χ1v) is 15.3. The topological polar surface area (TPSA) is 109 Å². The molecular formula is C30H47Cl2NO8. The van der Waals surface area contributed by atoms with Gasteiger partial charge in [-0.15, -0.1) is 23.2 Å². The summed E-state index contributed by atoms with van der Waals surface area (Å²) in [6.07, 6.45) is 6.60. The number of hydrogen-bond acceptors (Lipinski definition) is 8. The lowest BCUT2D eigenvalue weighted by molar-refractivity contribution is -0.140. The molecule has 2 aliphatic rings. The van der Waals surface area contributed by atoms with E-state index in [1.165, 1.54) is 12.5 Å². The molecule has 1 N–H and O–H groups in total. The number of methoxy groups -OCH3 is 1. The highest BCUT2D eigenvalue weighted by molar-refractivity contribution is 6.18. The molecule has 3 rings (SSSR count). The van der Waals surface area contributed by atoms with Gasteiger partial charge in [0.05, 0.1) is 38.1 Å². The van der Waals surface area contributed by atoms with Crippen LogP contribution in [0.5, 0.6) is 5.75 Å². The number of amides is 1. The lowest BCUT2D eigenvalue weighted by atomic mass is 9.80. The first-order chi connectivity index (χ1) is 19.9. The molecule has 1 saturated heterocycles. The van der Waals surface area contributed by atoms with Crippen LogP contribution >= 0.6 is 23.2 Å². The Morgan fingerprint density at radius 3 is 2.41 bits per heavy atom. The lowest BCUT2D eigenvalue weighted by Gasteiger charge is -2.43. The van der Waals surface area contributed by atoms with Crippen LogP contribution in [-0.2, 0) is 33.3 Å². The van der Waals surface area contributed by atoms with Crippen LogP contribution in [0, 0.1) is 5.92 Å². The molecule has 1 saturated carbocycles. The Hall–Kier alpha value is -1.75. The van der Waals surface area contributed by atoms with Crippen molar-refractivity contribution >= 4 is 41.9 Å². The van der Waals surface area contributed by atoms with Crippen molar-refractivity contribution in [2.24, 2.45) is 5.92 Å². The third-order valence-electron chi connectivity index (χ3n) is 7.11. The summed E-state index contributed by atoms with van der Waals surface area (Å²) in [5.74, 6) is 2.15. The van der Waals surface area contributed by atoms with Crippen molar-refractivity contribution in [3.8, 4) is 5.75 Å².